The summed E-state index contributed by atoms with van der Waals surface area (Å²) in [6, 6.07) is 13.3. The summed E-state index contributed by atoms with van der Waals surface area (Å²) in [6.45, 7) is 3.85. The lowest BCUT2D eigenvalue weighted by Gasteiger charge is -2.36. The quantitative estimate of drug-likeness (QED) is 0.535. The van der Waals surface area contributed by atoms with Crippen molar-refractivity contribution in [1.82, 2.24) is 14.8 Å². The average molecular weight is 482 g/mol. The number of thiazole rings is 1. The van der Waals surface area contributed by atoms with Gasteiger partial charge in [-0.3, -0.25) is 9.69 Å². The minimum absolute atomic E-state index is 0.0183. The summed E-state index contributed by atoms with van der Waals surface area (Å²) >= 11 is 1.59. The average Bonchev–Trinajstić information content (AvgIpc) is 3.36. The van der Waals surface area contributed by atoms with E-state index in [4.69, 9.17) is 23.9 Å². The molecule has 1 unspecified atom stereocenters. The predicted molar refractivity (Wildman–Crippen MR) is 129 cm³/mol. The first-order valence-electron chi connectivity index (χ1n) is 11.2. The summed E-state index contributed by atoms with van der Waals surface area (Å²) in [5.74, 6) is 2.67. The van der Waals surface area contributed by atoms with Crippen LogP contribution in [-0.2, 0) is 11.3 Å². The Kier molecular flexibility index (Phi) is 6.55. The maximum atomic E-state index is 13.0. The number of piperazine rings is 1. The van der Waals surface area contributed by atoms with Crippen molar-refractivity contribution in [3.05, 3.63) is 53.5 Å². The molecule has 0 bridgehead atoms. The molecule has 1 amide bonds. The molecule has 0 N–H and O–H groups in total. The number of benzene rings is 2. The van der Waals surface area contributed by atoms with Crippen LogP contribution < -0.4 is 18.9 Å². The Balaban J connectivity index is 1.17. The predicted octanol–water partition coefficient (Wildman–Crippen LogP) is 3.31. The van der Waals surface area contributed by atoms with Gasteiger partial charge in [-0.05, 0) is 24.3 Å². The molecule has 3 heterocycles. The van der Waals surface area contributed by atoms with Gasteiger partial charge in [0.2, 0.25) is 6.10 Å². The van der Waals surface area contributed by atoms with Gasteiger partial charge in [-0.1, -0.05) is 18.2 Å². The fourth-order valence-electron chi connectivity index (χ4n) is 4.26. The fourth-order valence-corrected chi connectivity index (χ4v) is 5.09. The van der Waals surface area contributed by atoms with Gasteiger partial charge in [0.15, 0.2) is 23.0 Å². The van der Waals surface area contributed by atoms with Gasteiger partial charge in [0, 0.05) is 38.1 Å². The van der Waals surface area contributed by atoms with E-state index in [-0.39, 0.29) is 12.5 Å². The van der Waals surface area contributed by atoms with Gasteiger partial charge < -0.3 is 23.8 Å². The summed E-state index contributed by atoms with van der Waals surface area (Å²) in [5, 5.41) is 2.98. The van der Waals surface area contributed by atoms with Crippen molar-refractivity contribution in [2.24, 2.45) is 0 Å². The van der Waals surface area contributed by atoms with Crippen LogP contribution >= 0.6 is 11.3 Å². The molecule has 1 saturated heterocycles. The minimum Gasteiger partial charge on any atom is -0.493 e. The van der Waals surface area contributed by atoms with Gasteiger partial charge in [-0.25, -0.2) is 4.98 Å². The number of hydrogen-bond donors (Lipinski definition) is 0. The van der Waals surface area contributed by atoms with Gasteiger partial charge in [0.1, 0.15) is 11.6 Å². The molecule has 0 aliphatic carbocycles. The van der Waals surface area contributed by atoms with E-state index in [0.717, 1.165) is 35.9 Å². The molecule has 0 spiro atoms. The van der Waals surface area contributed by atoms with Crippen molar-refractivity contribution in [2.75, 3.05) is 47.0 Å². The van der Waals surface area contributed by atoms with E-state index in [1.54, 1.807) is 25.6 Å². The number of nitrogens with zero attached hydrogens (tertiary/aromatic N) is 3. The number of rotatable bonds is 6. The van der Waals surface area contributed by atoms with Gasteiger partial charge in [0.25, 0.3) is 5.91 Å². The SMILES string of the molecule is COc1cccc(-c2nc(CN3CCN(C(=O)C4COc5ccccc5O4)CC3)cs2)c1OC. The Hall–Kier alpha value is -3.30. The van der Waals surface area contributed by atoms with Crippen LogP contribution in [0.25, 0.3) is 10.6 Å². The normalized spacial score (nSPS) is 17.9. The molecule has 2 aliphatic rings. The molecule has 3 aromatic rings. The number of methoxy groups -OCH3 is 2. The number of aromatic nitrogens is 1. The number of hydrogen-bond acceptors (Lipinski definition) is 8. The first kappa shape index (κ1) is 22.5. The van der Waals surface area contributed by atoms with Crippen LogP contribution in [0.1, 0.15) is 5.69 Å². The zero-order chi connectivity index (χ0) is 23.5. The van der Waals surface area contributed by atoms with E-state index >= 15 is 0 Å². The maximum Gasteiger partial charge on any atom is 0.267 e. The molecule has 8 nitrogen and oxygen atoms in total. The smallest absolute Gasteiger partial charge is 0.267 e. The third-order valence-electron chi connectivity index (χ3n) is 6.04. The molecule has 2 aromatic carbocycles. The molecule has 0 radical (unpaired) electrons. The molecule has 1 fully saturated rings. The first-order valence-corrected chi connectivity index (χ1v) is 12.1. The monoisotopic (exact) mass is 481 g/mol. The van der Waals surface area contributed by atoms with Crippen LogP contribution in [0.4, 0.5) is 0 Å². The summed E-state index contributed by atoms with van der Waals surface area (Å²) in [6.07, 6.45) is -0.597. The highest BCUT2D eigenvalue weighted by atomic mass is 32.1. The molecule has 178 valence electrons. The number of amides is 1. The third-order valence-corrected chi connectivity index (χ3v) is 6.96. The Morgan fingerprint density at radius 2 is 1.85 bits per heavy atom. The second-order valence-corrected chi connectivity index (χ2v) is 9.01. The highest BCUT2D eigenvalue weighted by molar-refractivity contribution is 7.13. The van der Waals surface area contributed by atoms with Crippen molar-refractivity contribution in [3.63, 3.8) is 0 Å². The van der Waals surface area contributed by atoms with Crippen molar-refractivity contribution >= 4 is 17.2 Å². The second-order valence-electron chi connectivity index (χ2n) is 8.15. The lowest BCUT2D eigenvalue weighted by Crippen LogP contribution is -2.53. The van der Waals surface area contributed by atoms with Crippen molar-refractivity contribution in [2.45, 2.75) is 12.6 Å². The molecule has 34 heavy (non-hydrogen) atoms. The van der Waals surface area contributed by atoms with Crippen molar-refractivity contribution in [1.29, 1.82) is 0 Å². The summed E-state index contributed by atoms with van der Waals surface area (Å²) in [4.78, 5) is 22.0. The molecule has 1 atom stereocenters. The lowest BCUT2D eigenvalue weighted by molar-refractivity contribution is -0.143. The topological polar surface area (TPSA) is 73.4 Å². The molecule has 2 aliphatic heterocycles. The molecule has 9 heteroatoms. The molecule has 5 rings (SSSR count). The fraction of sp³-hybridized carbons (Fsp3) is 0.360. The lowest BCUT2D eigenvalue weighted by atomic mass is 10.2. The third kappa shape index (κ3) is 4.53. The summed E-state index contributed by atoms with van der Waals surface area (Å²) < 4.78 is 22.6. The van der Waals surface area contributed by atoms with Crippen LogP contribution in [0.2, 0.25) is 0 Å². The second kappa shape index (κ2) is 9.90. The number of carbonyl (C=O) groups excluding carboxylic acids is 1. The van der Waals surface area contributed by atoms with Gasteiger partial charge in [-0.15, -0.1) is 11.3 Å². The summed E-state index contributed by atoms with van der Waals surface area (Å²) in [5.41, 5.74) is 1.93. The first-order chi connectivity index (χ1) is 16.7. The van der Waals surface area contributed by atoms with Crippen molar-refractivity contribution < 1.29 is 23.7 Å². The largest absolute Gasteiger partial charge is 0.493 e. The van der Waals surface area contributed by atoms with Crippen LogP contribution in [0, 0.1) is 0 Å². The molecule has 1 aromatic heterocycles. The maximum absolute atomic E-state index is 13.0. The minimum atomic E-state index is -0.597. The van der Waals surface area contributed by atoms with E-state index < -0.39 is 6.10 Å². The standard InChI is InChI=1S/C25H27N3O5S/c1-30-21-9-5-6-18(23(21)31-2)24-26-17(16-34-24)14-27-10-12-28(13-11-27)25(29)22-15-32-19-7-3-4-8-20(19)33-22/h3-9,16,22H,10-15H2,1-2H3. The number of para-hydroxylation sites is 3. The Morgan fingerprint density at radius 3 is 2.62 bits per heavy atom. The van der Waals surface area contributed by atoms with E-state index in [2.05, 4.69) is 10.3 Å². The Bertz CT molecular complexity index is 1160. The Morgan fingerprint density at radius 1 is 1.06 bits per heavy atom. The molecular weight excluding hydrogens is 454 g/mol. The van der Waals surface area contributed by atoms with E-state index in [1.165, 1.54) is 0 Å². The van der Waals surface area contributed by atoms with E-state index in [1.807, 2.05) is 47.4 Å². The van der Waals surface area contributed by atoms with E-state index in [9.17, 15) is 4.79 Å². The van der Waals surface area contributed by atoms with Crippen molar-refractivity contribution in [3.8, 4) is 33.6 Å². The van der Waals surface area contributed by atoms with Crippen LogP contribution in [0.3, 0.4) is 0 Å². The highest BCUT2D eigenvalue weighted by Gasteiger charge is 2.32. The summed E-state index contributed by atoms with van der Waals surface area (Å²) in [7, 11) is 3.27. The van der Waals surface area contributed by atoms with E-state index in [0.29, 0.717) is 36.1 Å². The number of fused-ring (bicyclic) bond motifs is 1. The number of ether oxygens (including phenoxy) is 4. The van der Waals surface area contributed by atoms with Crippen LogP contribution in [0.5, 0.6) is 23.0 Å². The zero-order valence-corrected chi connectivity index (χ0v) is 20.0. The highest BCUT2D eigenvalue weighted by Crippen LogP contribution is 2.39. The van der Waals surface area contributed by atoms with Crippen LogP contribution in [0.15, 0.2) is 47.8 Å². The van der Waals surface area contributed by atoms with Gasteiger partial charge >= 0.3 is 0 Å². The van der Waals surface area contributed by atoms with Crippen LogP contribution in [-0.4, -0.2) is 73.8 Å². The zero-order valence-electron chi connectivity index (χ0n) is 19.2. The van der Waals surface area contributed by atoms with Gasteiger partial charge in [0.05, 0.1) is 25.5 Å². The molecule has 0 saturated carbocycles. The Labute approximate surface area is 202 Å². The number of carbonyl (C=O) groups is 1. The van der Waals surface area contributed by atoms with Gasteiger partial charge in [-0.2, -0.15) is 0 Å². The molecular formula is C25H27N3O5S.